The van der Waals surface area contributed by atoms with Crippen molar-refractivity contribution in [3.8, 4) is 0 Å². The number of sulfonamides is 1. The van der Waals surface area contributed by atoms with Crippen LogP contribution >= 0.6 is 0 Å². The van der Waals surface area contributed by atoms with Gasteiger partial charge in [-0.1, -0.05) is 5.21 Å². The quantitative estimate of drug-likeness (QED) is 0.854. The van der Waals surface area contributed by atoms with E-state index < -0.39 is 26.6 Å². The summed E-state index contributed by atoms with van der Waals surface area (Å²) in [5, 5.41) is 7.60. The van der Waals surface area contributed by atoms with Gasteiger partial charge in [-0.25, -0.2) is 21.9 Å². The number of aryl methyl sites for hydroxylation is 1. The summed E-state index contributed by atoms with van der Waals surface area (Å²) >= 11 is 0. The van der Waals surface area contributed by atoms with Crippen LogP contribution in [0.4, 0.5) is 8.78 Å². The number of hydrogen-bond acceptors (Lipinski definition) is 4. The second kappa shape index (κ2) is 5.97. The van der Waals surface area contributed by atoms with Gasteiger partial charge in [-0.15, -0.1) is 5.10 Å². The van der Waals surface area contributed by atoms with Crippen LogP contribution < -0.4 is 0 Å². The van der Waals surface area contributed by atoms with Crippen LogP contribution in [-0.2, 0) is 10.0 Å². The minimum atomic E-state index is -4.10. The second-order valence-corrected chi connectivity index (χ2v) is 7.48. The fourth-order valence-electron chi connectivity index (χ4n) is 2.73. The lowest BCUT2D eigenvalue weighted by atomic mass is 10.1. The van der Waals surface area contributed by atoms with Crippen molar-refractivity contribution in [1.29, 1.82) is 0 Å². The van der Waals surface area contributed by atoms with Gasteiger partial charge in [0.25, 0.3) is 0 Å². The maximum atomic E-state index is 14.1. The lowest BCUT2D eigenvalue weighted by molar-refractivity contribution is 0.250. The van der Waals surface area contributed by atoms with Gasteiger partial charge in [-0.05, 0) is 37.5 Å². The first-order chi connectivity index (χ1) is 10.9. The van der Waals surface area contributed by atoms with Crippen molar-refractivity contribution in [2.45, 2.75) is 30.7 Å². The van der Waals surface area contributed by atoms with Crippen LogP contribution in [0.1, 0.15) is 24.4 Å². The molecule has 124 valence electrons. The van der Waals surface area contributed by atoms with E-state index in [0.29, 0.717) is 6.42 Å². The molecule has 6 nitrogen and oxygen atoms in total. The van der Waals surface area contributed by atoms with Crippen LogP contribution in [-0.4, -0.2) is 40.8 Å². The van der Waals surface area contributed by atoms with Gasteiger partial charge in [-0.2, -0.15) is 4.31 Å². The molecule has 2 heterocycles. The topological polar surface area (TPSA) is 68.1 Å². The third-order valence-electron chi connectivity index (χ3n) is 4.01. The van der Waals surface area contributed by atoms with Gasteiger partial charge >= 0.3 is 0 Å². The molecule has 1 atom stereocenters. The van der Waals surface area contributed by atoms with Crippen molar-refractivity contribution in [3.63, 3.8) is 0 Å². The highest BCUT2D eigenvalue weighted by molar-refractivity contribution is 7.89. The largest absolute Gasteiger partial charge is 0.248 e. The molecule has 3 rings (SSSR count). The Hall–Kier alpha value is -1.87. The first kappa shape index (κ1) is 16.0. The summed E-state index contributed by atoms with van der Waals surface area (Å²) in [5.41, 5.74) is 0.0700. The Labute approximate surface area is 132 Å². The van der Waals surface area contributed by atoms with Gasteiger partial charge in [0.15, 0.2) is 0 Å². The molecular formula is C14H16F2N4O2S. The average molecular weight is 342 g/mol. The van der Waals surface area contributed by atoms with Gasteiger partial charge in [0.1, 0.15) is 16.5 Å². The number of halogens is 2. The molecule has 0 spiro atoms. The lowest BCUT2D eigenvalue weighted by Gasteiger charge is -2.31. The average Bonchev–Trinajstić information content (AvgIpc) is 3.05. The van der Waals surface area contributed by atoms with Gasteiger partial charge in [-0.3, -0.25) is 0 Å². The number of benzene rings is 1. The van der Waals surface area contributed by atoms with Crippen molar-refractivity contribution in [1.82, 2.24) is 19.3 Å². The summed E-state index contributed by atoms with van der Waals surface area (Å²) in [4.78, 5) is -0.625. The third-order valence-corrected chi connectivity index (χ3v) is 5.89. The zero-order valence-electron chi connectivity index (χ0n) is 12.5. The zero-order chi connectivity index (χ0) is 16.6. The maximum absolute atomic E-state index is 14.1. The second-order valence-electron chi connectivity index (χ2n) is 5.57. The molecule has 1 fully saturated rings. The van der Waals surface area contributed by atoms with Gasteiger partial charge in [0, 0.05) is 19.3 Å². The van der Waals surface area contributed by atoms with Gasteiger partial charge < -0.3 is 0 Å². The van der Waals surface area contributed by atoms with E-state index in [4.69, 9.17) is 0 Å². The third kappa shape index (κ3) is 2.98. The molecular weight excluding hydrogens is 326 g/mol. The van der Waals surface area contributed by atoms with E-state index in [1.54, 1.807) is 10.9 Å². The Morgan fingerprint density at radius 2 is 2.04 bits per heavy atom. The highest BCUT2D eigenvalue weighted by Crippen LogP contribution is 2.28. The lowest BCUT2D eigenvalue weighted by Crippen LogP contribution is -2.41. The number of hydrogen-bond donors (Lipinski definition) is 0. The van der Waals surface area contributed by atoms with Crippen LogP contribution in [0.3, 0.4) is 0 Å². The Bertz CT molecular complexity index is 808. The standard InChI is InChI=1S/C14H16F2N4O2S/c1-10-7-13(16)14(8-12(10)15)23(21,22)19-5-2-3-11(9-19)20-6-4-17-18-20/h4,6-8,11H,2-3,5,9H2,1H3. The summed E-state index contributed by atoms with van der Waals surface area (Å²) < 4.78 is 55.8. The van der Waals surface area contributed by atoms with Crippen molar-refractivity contribution < 1.29 is 17.2 Å². The molecule has 1 aromatic carbocycles. The molecule has 0 saturated carbocycles. The summed E-state index contributed by atoms with van der Waals surface area (Å²) in [6, 6.07) is 1.49. The fraction of sp³-hybridized carbons (Fsp3) is 0.429. The van der Waals surface area contributed by atoms with Crippen molar-refractivity contribution >= 4 is 10.0 Å². The zero-order valence-corrected chi connectivity index (χ0v) is 13.3. The first-order valence-corrected chi connectivity index (χ1v) is 8.65. The maximum Gasteiger partial charge on any atom is 0.246 e. The normalized spacial score (nSPS) is 19.9. The SMILES string of the molecule is Cc1cc(F)c(S(=O)(=O)N2CCCC(n3ccnn3)C2)cc1F. The Kier molecular flexibility index (Phi) is 4.15. The molecule has 0 amide bonds. The van der Waals surface area contributed by atoms with Crippen LogP contribution in [0, 0.1) is 18.6 Å². The predicted octanol–water partition coefficient (Wildman–Crippen LogP) is 1.89. The van der Waals surface area contributed by atoms with Crippen LogP contribution in [0.5, 0.6) is 0 Å². The molecule has 1 saturated heterocycles. The van der Waals surface area contributed by atoms with Crippen molar-refractivity contribution in [3.05, 3.63) is 41.7 Å². The number of aromatic nitrogens is 3. The van der Waals surface area contributed by atoms with E-state index in [1.165, 1.54) is 17.4 Å². The van der Waals surface area contributed by atoms with Crippen molar-refractivity contribution in [2.24, 2.45) is 0 Å². The van der Waals surface area contributed by atoms with Gasteiger partial charge in [0.05, 0.1) is 12.2 Å². The van der Waals surface area contributed by atoms with E-state index in [2.05, 4.69) is 10.3 Å². The Morgan fingerprint density at radius 3 is 2.74 bits per heavy atom. The van der Waals surface area contributed by atoms with Crippen molar-refractivity contribution in [2.75, 3.05) is 13.1 Å². The monoisotopic (exact) mass is 342 g/mol. The minimum Gasteiger partial charge on any atom is -0.248 e. The van der Waals surface area contributed by atoms with Crippen LogP contribution in [0.25, 0.3) is 0 Å². The van der Waals surface area contributed by atoms with E-state index in [9.17, 15) is 17.2 Å². The molecule has 9 heteroatoms. The highest BCUT2D eigenvalue weighted by Gasteiger charge is 2.33. The molecule has 1 unspecified atom stereocenters. The summed E-state index contributed by atoms with van der Waals surface area (Å²) in [6.07, 6.45) is 4.54. The summed E-state index contributed by atoms with van der Waals surface area (Å²) in [7, 11) is -4.10. The molecule has 23 heavy (non-hydrogen) atoms. The molecule has 1 aromatic heterocycles. The molecule has 0 bridgehead atoms. The Balaban J connectivity index is 1.92. The molecule has 2 aromatic rings. The first-order valence-electron chi connectivity index (χ1n) is 7.21. The molecule has 1 aliphatic heterocycles. The summed E-state index contributed by atoms with van der Waals surface area (Å²) in [6.45, 7) is 1.81. The minimum absolute atomic E-state index is 0.0700. The van der Waals surface area contributed by atoms with Gasteiger partial charge in [0.2, 0.25) is 10.0 Å². The molecule has 0 aliphatic carbocycles. The highest BCUT2D eigenvalue weighted by atomic mass is 32.2. The summed E-state index contributed by atoms with van der Waals surface area (Å²) in [5.74, 6) is -1.68. The molecule has 0 radical (unpaired) electrons. The predicted molar refractivity (Wildman–Crippen MR) is 78.1 cm³/mol. The van der Waals surface area contributed by atoms with E-state index >= 15 is 0 Å². The van der Waals surface area contributed by atoms with Crippen LogP contribution in [0.2, 0.25) is 0 Å². The smallest absolute Gasteiger partial charge is 0.246 e. The molecule has 0 N–H and O–H groups in total. The van der Waals surface area contributed by atoms with Crippen LogP contribution in [0.15, 0.2) is 29.4 Å². The number of nitrogens with zero attached hydrogens (tertiary/aromatic N) is 4. The van der Waals surface area contributed by atoms with E-state index in [0.717, 1.165) is 18.6 Å². The van der Waals surface area contributed by atoms with E-state index in [-0.39, 0.29) is 24.7 Å². The van der Waals surface area contributed by atoms with E-state index in [1.807, 2.05) is 0 Å². The number of piperidine rings is 1. The Morgan fingerprint density at radius 1 is 1.26 bits per heavy atom. The fourth-order valence-corrected chi connectivity index (χ4v) is 4.31. The molecule has 1 aliphatic rings. The number of rotatable bonds is 3.